The molecule has 0 saturated carbocycles. The highest BCUT2D eigenvalue weighted by Gasteiger charge is 2.28. The summed E-state index contributed by atoms with van der Waals surface area (Å²) in [7, 11) is 3.67. The third-order valence-electron chi connectivity index (χ3n) is 4.70. The molecule has 0 spiro atoms. The third kappa shape index (κ3) is 4.62. The van der Waals surface area contributed by atoms with Crippen molar-refractivity contribution in [1.82, 2.24) is 24.9 Å². The summed E-state index contributed by atoms with van der Waals surface area (Å²) in [5.41, 5.74) is 0.902. The van der Waals surface area contributed by atoms with Gasteiger partial charge in [-0.2, -0.15) is 5.10 Å². The molecule has 0 bridgehead atoms. The lowest BCUT2D eigenvalue weighted by Gasteiger charge is -2.36. The third-order valence-corrected chi connectivity index (χ3v) is 4.70. The van der Waals surface area contributed by atoms with Gasteiger partial charge in [0.1, 0.15) is 18.4 Å². The Bertz CT molecular complexity index is 695. The van der Waals surface area contributed by atoms with E-state index in [4.69, 9.17) is 4.74 Å². The maximum atomic E-state index is 12.8. The van der Waals surface area contributed by atoms with Gasteiger partial charge < -0.3 is 15.0 Å². The largest absolute Gasteiger partial charge is 0.492 e. The van der Waals surface area contributed by atoms with Crippen LogP contribution < -0.4 is 10.1 Å². The van der Waals surface area contributed by atoms with Gasteiger partial charge in [-0.25, -0.2) is 0 Å². The van der Waals surface area contributed by atoms with Gasteiger partial charge in [-0.1, -0.05) is 18.2 Å². The van der Waals surface area contributed by atoms with E-state index in [0.717, 1.165) is 44.0 Å². The van der Waals surface area contributed by atoms with Crippen LogP contribution in [-0.4, -0.2) is 71.9 Å². The van der Waals surface area contributed by atoms with Crippen LogP contribution in [0, 0.1) is 0 Å². The van der Waals surface area contributed by atoms with Crippen molar-refractivity contribution in [2.24, 2.45) is 7.05 Å². The van der Waals surface area contributed by atoms with Crippen LogP contribution >= 0.6 is 0 Å². The van der Waals surface area contributed by atoms with Gasteiger partial charge >= 0.3 is 0 Å². The first kappa shape index (κ1) is 18.4. The van der Waals surface area contributed by atoms with Crippen LogP contribution in [0.3, 0.4) is 0 Å². The van der Waals surface area contributed by atoms with Crippen LogP contribution in [0.25, 0.3) is 0 Å². The molecule has 1 amide bonds. The summed E-state index contributed by atoms with van der Waals surface area (Å²) >= 11 is 0. The highest BCUT2D eigenvalue weighted by atomic mass is 16.5. The van der Waals surface area contributed by atoms with Gasteiger partial charge in [-0.3, -0.25) is 14.4 Å². The van der Waals surface area contributed by atoms with Gasteiger partial charge in [0.25, 0.3) is 0 Å². The number of carbonyl (C=O) groups excluding carboxylic acids is 1. The second kappa shape index (κ2) is 8.82. The topological polar surface area (TPSA) is 62.6 Å². The van der Waals surface area contributed by atoms with Gasteiger partial charge in [0.05, 0.1) is 6.20 Å². The number of rotatable bonds is 7. The minimum Gasteiger partial charge on any atom is -0.492 e. The molecule has 7 nitrogen and oxygen atoms in total. The van der Waals surface area contributed by atoms with Crippen LogP contribution in [0.4, 0.5) is 0 Å². The lowest BCUT2D eigenvalue weighted by molar-refractivity contribution is -0.135. The normalized spacial score (nSPS) is 16.5. The standard InChI is InChI=1S/C19H27N5O2/c1-20-18(16-14-21-22(2)15-16)19(25)24-10-8-23(9-11-24)12-13-26-17-6-4-3-5-7-17/h3-7,14-15,18,20H,8-13H2,1-2H3. The van der Waals surface area contributed by atoms with Gasteiger partial charge in [0.15, 0.2) is 0 Å². The highest BCUT2D eigenvalue weighted by Crippen LogP contribution is 2.16. The lowest BCUT2D eigenvalue weighted by atomic mass is 10.1. The molecule has 1 N–H and O–H groups in total. The van der Waals surface area contributed by atoms with Crippen LogP contribution in [0.15, 0.2) is 42.7 Å². The highest BCUT2D eigenvalue weighted by molar-refractivity contribution is 5.83. The Balaban J connectivity index is 1.44. The number of nitrogens with zero attached hydrogens (tertiary/aromatic N) is 4. The summed E-state index contributed by atoms with van der Waals surface area (Å²) in [6.45, 7) is 4.74. The zero-order valence-electron chi connectivity index (χ0n) is 15.5. The fourth-order valence-electron chi connectivity index (χ4n) is 3.21. The predicted molar refractivity (Wildman–Crippen MR) is 100.0 cm³/mol. The van der Waals surface area contributed by atoms with Crippen molar-refractivity contribution in [3.8, 4) is 5.75 Å². The molecule has 1 saturated heterocycles. The Morgan fingerprint density at radius 3 is 2.58 bits per heavy atom. The Morgan fingerprint density at radius 1 is 1.23 bits per heavy atom. The predicted octanol–water partition coefficient (Wildman–Crippen LogP) is 0.904. The number of ether oxygens (including phenoxy) is 1. The van der Waals surface area contributed by atoms with E-state index in [1.54, 1.807) is 10.9 Å². The number of piperazine rings is 1. The summed E-state index contributed by atoms with van der Waals surface area (Å²) in [5.74, 6) is 1.01. The Labute approximate surface area is 154 Å². The van der Waals surface area contributed by atoms with Crippen molar-refractivity contribution in [2.45, 2.75) is 6.04 Å². The molecular weight excluding hydrogens is 330 g/mol. The first-order chi connectivity index (χ1) is 12.7. The number of nitrogens with one attached hydrogen (secondary N) is 1. The minimum atomic E-state index is -0.336. The van der Waals surface area contributed by atoms with Crippen LogP contribution in [-0.2, 0) is 11.8 Å². The first-order valence-electron chi connectivity index (χ1n) is 9.02. The number of para-hydroxylation sites is 1. The van der Waals surface area contributed by atoms with E-state index in [9.17, 15) is 4.79 Å². The first-order valence-corrected chi connectivity index (χ1v) is 9.02. The van der Waals surface area contributed by atoms with E-state index in [-0.39, 0.29) is 11.9 Å². The molecule has 0 radical (unpaired) electrons. The smallest absolute Gasteiger partial charge is 0.244 e. The molecule has 1 atom stereocenters. The van der Waals surface area contributed by atoms with Crippen molar-refractivity contribution in [1.29, 1.82) is 0 Å². The summed E-state index contributed by atoms with van der Waals surface area (Å²) in [5, 5.41) is 7.28. The zero-order valence-corrected chi connectivity index (χ0v) is 15.5. The molecule has 1 unspecified atom stereocenters. The number of amides is 1. The molecule has 26 heavy (non-hydrogen) atoms. The van der Waals surface area contributed by atoms with E-state index >= 15 is 0 Å². The fourth-order valence-corrected chi connectivity index (χ4v) is 3.21. The molecule has 2 aromatic rings. The molecule has 1 aliphatic heterocycles. The number of hydrogen-bond donors (Lipinski definition) is 1. The Kier molecular flexibility index (Phi) is 6.25. The molecule has 7 heteroatoms. The maximum Gasteiger partial charge on any atom is 0.244 e. The van der Waals surface area contributed by atoms with Crippen LogP contribution in [0.2, 0.25) is 0 Å². The molecule has 1 fully saturated rings. The monoisotopic (exact) mass is 357 g/mol. The molecule has 1 aliphatic rings. The number of aryl methyl sites for hydroxylation is 1. The average Bonchev–Trinajstić information content (AvgIpc) is 3.10. The van der Waals surface area contributed by atoms with Gasteiger partial charge in [-0.15, -0.1) is 0 Å². The Hall–Kier alpha value is -2.38. The van der Waals surface area contributed by atoms with Crippen molar-refractivity contribution in [2.75, 3.05) is 46.4 Å². The number of likely N-dealkylation sites (N-methyl/N-ethyl adjacent to an activating group) is 1. The summed E-state index contributed by atoms with van der Waals surface area (Å²) in [6.07, 6.45) is 3.63. The second-order valence-corrected chi connectivity index (χ2v) is 6.50. The van der Waals surface area contributed by atoms with E-state index < -0.39 is 0 Å². The number of carbonyl (C=O) groups is 1. The zero-order chi connectivity index (χ0) is 18.4. The number of benzene rings is 1. The molecule has 1 aromatic carbocycles. The van der Waals surface area contributed by atoms with Crippen molar-refractivity contribution < 1.29 is 9.53 Å². The van der Waals surface area contributed by atoms with Gasteiger partial charge in [-0.05, 0) is 19.2 Å². The fraction of sp³-hybridized carbons (Fsp3) is 0.474. The van der Waals surface area contributed by atoms with Crippen LogP contribution in [0.1, 0.15) is 11.6 Å². The molecule has 140 valence electrons. The van der Waals surface area contributed by atoms with Crippen molar-refractivity contribution in [3.63, 3.8) is 0 Å². The Morgan fingerprint density at radius 2 is 1.96 bits per heavy atom. The molecule has 2 heterocycles. The van der Waals surface area contributed by atoms with Gasteiger partial charge in [0.2, 0.25) is 5.91 Å². The quantitative estimate of drug-likeness (QED) is 0.798. The van der Waals surface area contributed by atoms with Crippen molar-refractivity contribution >= 4 is 5.91 Å². The number of aromatic nitrogens is 2. The molecule has 0 aliphatic carbocycles. The average molecular weight is 357 g/mol. The molecular formula is C19H27N5O2. The molecule has 3 rings (SSSR count). The summed E-state index contributed by atoms with van der Waals surface area (Å²) < 4.78 is 7.48. The van der Waals surface area contributed by atoms with Crippen molar-refractivity contribution in [3.05, 3.63) is 48.3 Å². The van der Waals surface area contributed by atoms with E-state index in [1.165, 1.54) is 0 Å². The van der Waals surface area contributed by atoms with Gasteiger partial charge in [0, 0.05) is 51.5 Å². The van der Waals surface area contributed by atoms with E-state index in [1.807, 2.05) is 55.5 Å². The van der Waals surface area contributed by atoms with E-state index in [0.29, 0.717) is 6.61 Å². The maximum absolute atomic E-state index is 12.8. The van der Waals surface area contributed by atoms with Crippen LogP contribution in [0.5, 0.6) is 5.75 Å². The van der Waals surface area contributed by atoms with E-state index in [2.05, 4.69) is 15.3 Å². The summed E-state index contributed by atoms with van der Waals surface area (Å²) in [4.78, 5) is 17.1. The molecule has 1 aromatic heterocycles. The minimum absolute atomic E-state index is 0.112. The number of hydrogen-bond acceptors (Lipinski definition) is 5. The second-order valence-electron chi connectivity index (χ2n) is 6.50. The summed E-state index contributed by atoms with van der Waals surface area (Å²) in [6, 6.07) is 9.52. The lowest BCUT2D eigenvalue weighted by Crippen LogP contribution is -2.51. The SMILES string of the molecule is CNC(C(=O)N1CCN(CCOc2ccccc2)CC1)c1cnn(C)c1.